The normalized spacial score (nSPS) is 9.31. The van der Waals surface area contributed by atoms with Crippen LogP contribution in [0.4, 0.5) is 0 Å². The molecule has 0 radical (unpaired) electrons. The standard InChI is InChI=1S/C12H13NO3/c1-3-8-13-12(15)11(14)9-4-6-10(16-2)7-5-9/h3-7H,1,8H2,2H3,(H,13,15). The lowest BCUT2D eigenvalue weighted by Gasteiger charge is -2.03. The van der Waals surface area contributed by atoms with Gasteiger partial charge >= 0.3 is 0 Å². The zero-order valence-electron chi connectivity index (χ0n) is 9.03. The maximum absolute atomic E-state index is 11.6. The molecule has 0 aliphatic carbocycles. The first kappa shape index (κ1) is 12.0. The number of methoxy groups -OCH3 is 1. The van der Waals surface area contributed by atoms with Crippen LogP contribution in [-0.2, 0) is 4.79 Å². The average Bonchev–Trinajstić information content (AvgIpc) is 2.35. The Kier molecular flexibility index (Phi) is 4.27. The molecule has 0 aromatic heterocycles. The summed E-state index contributed by atoms with van der Waals surface area (Å²) in [4.78, 5) is 22.9. The number of ether oxygens (including phenoxy) is 1. The molecule has 0 saturated carbocycles. The van der Waals surface area contributed by atoms with Crippen LogP contribution in [0, 0.1) is 0 Å². The number of amides is 1. The molecular weight excluding hydrogens is 206 g/mol. The van der Waals surface area contributed by atoms with E-state index in [4.69, 9.17) is 4.74 Å². The maximum Gasteiger partial charge on any atom is 0.292 e. The van der Waals surface area contributed by atoms with Gasteiger partial charge in [-0.05, 0) is 24.3 Å². The molecule has 1 aromatic carbocycles. The summed E-state index contributed by atoms with van der Waals surface area (Å²) in [6.07, 6.45) is 1.51. The Labute approximate surface area is 93.9 Å². The third kappa shape index (κ3) is 2.95. The number of nitrogens with one attached hydrogen (secondary N) is 1. The first-order valence-corrected chi connectivity index (χ1v) is 4.76. The highest BCUT2D eigenvalue weighted by atomic mass is 16.5. The summed E-state index contributed by atoms with van der Waals surface area (Å²) in [5, 5.41) is 2.42. The Bertz CT molecular complexity index is 395. The zero-order valence-corrected chi connectivity index (χ0v) is 9.03. The molecule has 16 heavy (non-hydrogen) atoms. The van der Waals surface area contributed by atoms with Gasteiger partial charge in [0, 0.05) is 12.1 Å². The third-order valence-corrected chi connectivity index (χ3v) is 1.97. The van der Waals surface area contributed by atoms with E-state index in [-0.39, 0.29) is 6.54 Å². The fraction of sp³-hybridized carbons (Fsp3) is 0.167. The van der Waals surface area contributed by atoms with E-state index in [1.54, 1.807) is 24.3 Å². The van der Waals surface area contributed by atoms with Crippen molar-refractivity contribution in [2.24, 2.45) is 0 Å². The molecule has 84 valence electrons. The fourth-order valence-corrected chi connectivity index (χ4v) is 1.12. The van der Waals surface area contributed by atoms with Crippen molar-refractivity contribution in [2.75, 3.05) is 13.7 Å². The number of ketones is 1. The smallest absolute Gasteiger partial charge is 0.292 e. The topological polar surface area (TPSA) is 55.4 Å². The molecule has 0 unspecified atom stereocenters. The van der Waals surface area contributed by atoms with Crippen LogP contribution < -0.4 is 10.1 Å². The van der Waals surface area contributed by atoms with E-state index < -0.39 is 11.7 Å². The summed E-state index contributed by atoms with van der Waals surface area (Å²) in [6.45, 7) is 3.72. The molecule has 1 aromatic rings. The second-order valence-corrected chi connectivity index (χ2v) is 3.06. The van der Waals surface area contributed by atoms with E-state index in [2.05, 4.69) is 11.9 Å². The van der Waals surface area contributed by atoms with E-state index in [0.29, 0.717) is 11.3 Å². The van der Waals surface area contributed by atoms with Gasteiger partial charge in [-0.3, -0.25) is 9.59 Å². The summed E-state index contributed by atoms with van der Waals surface area (Å²) in [7, 11) is 1.54. The number of hydrogen-bond acceptors (Lipinski definition) is 3. The first-order valence-electron chi connectivity index (χ1n) is 4.76. The molecule has 0 aliphatic heterocycles. The van der Waals surface area contributed by atoms with Crippen LogP contribution in [0.2, 0.25) is 0 Å². The van der Waals surface area contributed by atoms with Gasteiger partial charge in [0.25, 0.3) is 5.91 Å². The molecule has 0 saturated heterocycles. The maximum atomic E-state index is 11.6. The van der Waals surface area contributed by atoms with Crippen molar-refractivity contribution in [1.82, 2.24) is 5.32 Å². The second-order valence-electron chi connectivity index (χ2n) is 3.06. The largest absolute Gasteiger partial charge is 0.497 e. The van der Waals surface area contributed by atoms with Crippen molar-refractivity contribution in [3.8, 4) is 5.75 Å². The average molecular weight is 219 g/mol. The van der Waals surface area contributed by atoms with E-state index >= 15 is 0 Å². The van der Waals surface area contributed by atoms with Crippen molar-refractivity contribution in [3.63, 3.8) is 0 Å². The quantitative estimate of drug-likeness (QED) is 0.459. The Morgan fingerprint density at radius 3 is 2.50 bits per heavy atom. The Balaban J connectivity index is 2.72. The van der Waals surface area contributed by atoms with E-state index in [1.165, 1.54) is 13.2 Å². The highest BCUT2D eigenvalue weighted by Crippen LogP contribution is 2.11. The molecular formula is C12H13NO3. The van der Waals surface area contributed by atoms with Crippen molar-refractivity contribution >= 4 is 11.7 Å². The van der Waals surface area contributed by atoms with Gasteiger partial charge in [0.15, 0.2) is 0 Å². The number of carbonyl (C=O) groups is 2. The molecule has 0 heterocycles. The van der Waals surface area contributed by atoms with Crippen LogP contribution in [-0.4, -0.2) is 25.3 Å². The van der Waals surface area contributed by atoms with Gasteiger partial charge in [-0.1, -0.05) is 6.08 Å². The number of Topliss-reactive ketones (excluding diaryl/α,β-unsaturated/α-hetero) is 1. The van der Waals surface area contributed by atoms with Crippen molar-refractivity contribution in [1.29, 1.82) is 0 Å². The lowest BCUT2D eigenvalue weighted by molar-refractivity contribution is -0.116. The Hall–Kier alpha value is -2.10. The number of benzene rings is 1. The van der Waals surface area contributed by atoms with Crippen LogP contribution >= 0.6 is 0 Å². The van der Waals surface area contributed by atoms with E-state index in [0.717, 1.165) is 0 Å². The number of hydrogen-bond donors (Lipinski definition) is 1. The summed E-state index contributed by atoms with van der Waals surface area (Å²) < 4.78 is 4.95. The van der Waals surface area contributed by atoms with Crippen LogP contribution in [0.1, 0.15) is 10.4 Å². The molecule has 0 aliphatic rings. The van der Waals surface area contributed by atoms with Crippen LogP contribution in [0.5, 0.6) is 5.75 Å². The van der Waals surface area contributed by atoms with Crippen LogP contribution in [0.3, 0.4) is 0 Å². The molecule has 0 fully saturated rings. The fourth-order valence-electron chi connectivity index (χ4n) is 1.12. The molecule has 1 rings (SSSR count). The predicted molar refractivity (Wildman–Crippen MR) is 60.5 cm³/mol. The number of carbonyl (C=O) groups excluding carboxylic acids is 2. The van der Waals surface area contributed by atoms with Gasteiger partial charge in [0.2, 0.25) is 5.78 Å². The second kappa shape index (κ2) is 5.70. The highest BCUT2D eigenvalue weighted by Gasteiger charge is 2.14. The van der Waals surface area contributed by atoms with Crippen molar-refractivity contribution in [2.45, 2.75) is 0 Å². The lowest BCUT2D eigenvalue weighted by Crippen LogP contribution is -2.30. The first-order chi connectivity index (χ1) is 7.69. The Morgan fingerprint density at radius 1 is 1.38 bits per heavy atom. The minimum atomic E-state index is -0.634. The van der Waals surface area contributed by atoms with Gasteiger partial charge in [0.05, 0.1) is 7.11 Å². The predicted octanol–water partition coefficient (Wildman–Crippen LogP) is 1.18. The minimum Gasteiger partial charge on any atom is -0.497 e. The number of rotatable bonds is 5. The summed E-state index contributed by atoms with van der Waals surface area (Å²) in [5.74, 6) is -0.558. The highest BCUT2D eigenvalue weighted by molar-refractivity contribution is 6.42. The van der Waals surface area contributed by atoms with Gasteiger partial charge in [-0.2, -0.15) is 0 Å². The SMILES string of the molecule is C=CCNC(=O)C(=O)c1ccc(OC)cc1. The van der Waals surface area contributed by atoms with Gasteiger partial charge in [-0.15, -0.1) is 6.58 Å². The molecule has 1 N–H and O–H groups in total. The summed E-state index contributed by atoms with van der Waals surface area (Å²) in [6, 6.07) is 6.37. The molecule has 0 spiro atoms. The summed E-state index contributed by atoms with van der Waals surface area (Å²) >= 11 is 0. The Morgan fingerprint density at radius 2 is 2.00 bits per heavy atom. The van der Waals surface area contributed by atoms with Gasteiger partial charge in [-0.25, -0.2) is 0 Å². The third-order valence-electron chi connectivity index (χ3n) is 1.97. The zero-order chi connectivity index (χ0) is 12.0. The van der Waals surface area contributed by atoms with Crippen LogP contribution in [0.25, 0.3) is 0 Å². The molecule has 4 nitrogen and oxygen atoms in total. The van der Waals surface area contributed by atoms with E-state index in [1.807, 2.05) is 0 Å². The summed E-state index contributed by atoms with van der Waals surface area (Å²) in [5.41, 5.74) is 0.336. The molecule has 0 bridgehead atoms. The lowest BCUT2D eigenvalue weighted by atomic mass is 10.1. The minimum absolute atomic E-state index is 0.279. The van der Waals surface area contributed by atoms with Crippen molar-refractivity contribution < 1.29 is 14.3 Å². The van der Waals surface area contributed by atoms with Gasteiger partial charge < -0.3 is 10.1 Å². The molecule has 1 amide bonds. The molecule has 0 atom stereocenters. The molecule has 4 heteroatoms. The monoisotopic (exact) mass is 219 g/mol. The van der Waals surface area contributed by atoms with Crippen molar-refractivity contribution in [3.05, 3.63) is 42.5 Å². The van der Waals surface area contributed by atoms with Crippen LogP contribution in [0.15, 0.2) is 36.9 Å². The van der Waals surface area contributed by atoms with E-state index in [9.17, 15) is 9.59 Å². The van der Waals surface area contributed by atoms with Gasteiger partial charge in [0.1, 0.15) is 5.75 Å².